The highest BCUT2D eigenvalue weighted by atomic mass is 16.5. The van der Waals surface area contributed by atoms with Crippen LogP contribution in [-0.4, -0.2) is 42.8 Å². The summed E-state index contributed by atoms with van der Waals surface area (Å²) in [5, 5.41) is 13.5. The normalized spacial score (nSPS) is 13.2. The Morgan fingerprint density at radius 3 is 2.58 bits per heavy atom. The van der Waals surface area contributed by atoms with Crippen molar-refractivity contribution in [2.24, 2.45) is 0 Å². The van der Waals surface area contributed by atoms with Gasteiger partial charge in [-0.3, -0.25) is 4.79 Å². The second kappa shape index (κ2) is 8.31. The van der Waals surface area contributed by atoms with E-state index in [9.17, 15) is 9.59 Å². The van der Waals surface area contributed by atoms with Gasteiger partial charge in [-0.05, 0) is 18.4 Å². The third-order valence-corrected chi connectivity index (χ3v) is 3.65. The number of amides is 1. The van der Waals surface area contributed by atoms with Crippen LogP contribution in [0, 0.1) is 0 Å². The van der Waals surface area contributed by atoms with Crippen LogP contribution in [0.4, 0.5) is 0 Å². The molecule has 128 valence electrons. The fourth-order valence-corrected chi connectivity index (χ4v) is 2.32. The maximum absolute atomic E-state index is 12.2. The highest BCUT2D eigenvalue weighted by Gasteiger charge is 2.24. The number of rotatable bonds is 8. The fourth-order valence-electron chi connectivity index (χ4n) is 2.32. The summed E-state index contributed by atoms with van der Waals surface area (Å²) in [4.78, 5) is 23.4. The van der Waals surface area contributed by atoms with E-state index in [0.717, 1.165) is 10.8 Å². The van der Waals surface area contributed by atoms with Crippen molar-refractivity contribution >= 4 is 22.6 Å². The molecule has 0 saturated carbocycles. The van der Waals surface area contributed by atoms with Crippen molar-refractivity contribution in [1.82, 2.24) is 5.32 Å². The molecule has 0 aromatic heterocycles. The van der Waals surface area contributed by atoms with E-state index in [-0.39, 0.29) is 13.0 Å². The number of carbonyl (C=O) groups is 2. The van der Waals surface area contributed by atoms with Crippen LogP contribution in [0.5, 0.6) is 5.75 Å². The summed E-state index contributed by atoms with van der Waals surface area (Å²) in [6.45, 7) is 1.84. The fraction of sp³-hybridized carbons (Fsp3) is 0.333. The zero-order chi connectivity index (χ0) is 17.5. The second-order valence-electron chi connectivity index (χ2n) is 5.42. The van der Waals surface area contributed by atoms with Gasteiger partial charge in [-0.25, -0.2) is 4.79 Å². The van der Waals surface area contributed by atoms with Crippen LogP contribution in [0.2, 0.25) is 0 Å². The molecular weight excluding hydrogens is 310 g/mol. The zero-order valence-corrected chi connectivity index (χ0v) is 13.7. The summed E-state index contributed by atoms with van der Waals surface area (Å²) in [7, 11) is 1.48. The monoisotopic (exact) mass is 331 g/mol. The van der Waals surface area contributed by atoms with Gasteiger partial charge in [0.15, 0.2) is 6.10 Å². The van der Waals surface area contributed by atoms with E-state index in [1.54, 1.807) is 13.0 Å². The van der Waals surface area contributed by atoms with E-state index in [1.807, 2.05) is 36.4 Å². The smallest absolute Gasteiger partial charge is 0.326 e. The highest BCUT2D eigenvalue weighted by molar-refractivity contribution is 5.89. The first-order valence-electron chi connectivity index (χ1n) is 7.69. The predicted molar refractivity (Wildman–Crippen MR) is 90.1 cm³/mol. The van der Waals surface area contributed by atoms with Crippen molar-refractivity contribution in [3.8, 4) is 5.75 Å². The summed E-state index contributed by atoms with van der Waals surface area (Å²) >= 11 is 0. The van der Waals surface area contributed by atoms with Gasteiger partial charge in [0.25, 0.3) is 5.91 Å². The maximum Gasteiger partial charge on any atom is 0.326 e. The van der Waals surface area contributed by atoms with Crippen LogP contribution >= 0.6 is 0 Å². The topological polar surface area (TPSA) is 84.9 Å². The lowest BCUT2D eigenvalue weighted by molar-refractivity contribution is -0.143. The average Bonchev–Trinajstić information content (AvgIpc) is 2.58. The molecule has 24 heavy (non-hydrogen) atoms. The first-order chi connectivity index (χ1) is 11.5. The van der Waals surface area contributed by atoms with E-state index >= 15 is 0 Å². The lowest BCUT2D eigenvalue weighted by Crippen LogP contribution is -2.46. The first kappa shape index (κ1) is 17.7. The Kier molecular flexibility index (Phi) is 6.14. The third kappa shape index (κ3) is 4.45. The summed E-state index contributed by atoms with van der Waals surface area (Å²) in [5.74, 6) is -0.997. The zero-order valence-electron chi connectivity index (χ0n) is 13.7. The third-order valence-electron chi connectivity index (χ3n) is 3.65. The van der Waals surface area contributed by atoms with Gasteiger partial charge in [0, 0.05) is 25.5 Å². The molecule has 0 spiro atoms. The molecular formula is C18H21NO5. The largest absolute Gasteiger partial charge is 0.480 e. The van der Waals surface area contributed by atoms with Crippen LogP contribution in [-0.2, 0) is 14.3 Å². The van der Waals surface area contributed by atoms with E-state index in [1.165, 1.54) is 7.11 Å². The average molecular weight is 331 g/mol. The number of carbonyl (C=O) groups excluding carboxylic acids is 1. The number of hydrogen-bond acceptors (Lipinski definition) is 4. The molecule has 6 heteroatoms. The lowest BCUT2D eigenvalue weighted by atomic mass is 10.1. The van der Waals surface area contributed by atoms with Crippen molar-refractivity contribution in [3.05, 3.63) is 42.5 Å². The Morgan fingerprint density at radius 1 is 1.17 bits per heavy atom. The Morgan fingerprint density at radius 2 is 1.88 bits per heavy atom. The van der Waals surface area contributed by atoms with E-state index < -0.39 is 24.0 Å². The summed E-state index contributed by atoms with van der Waals surface area (Å²) in [6.07, 6.45) is -0.626. The molecule has 2 N–H and O–H groups in total. The SMILES string of the molecule is COCCC(NC(=O)C(C)Oc1cccc2ccccc12)C(=O)O. The number of fused-ring (bicyclic) bond motifs is 1. The van der Waals surface area contributed by atoms with Gasteiger partial charge in [0.05, 0.1) is 0 Å². The number of benzene rings is 2. The Bertz CT molecular complexity index is 710. The van der Waals surface area contributed by atoms with Gasteiger partial charge < -0.3 is 19.9 Å². The summed E-state index contributed by atoms with van der Waals surface area (Å²) in [6, 6.07) is 12.3. The van der Waals surface area contributed by atoms with Crippen molar-refractivity contribution in [2.45, 2.75) is 25.5 Å². The minimum atomic E-state index is -1.10. The van der Waals surface area contributed by atoms with Crippen LogP contribution in [0.25, 0.3) is 10.8 Å². The molecule has 0 aliphatic carbocycles. The van der Waals surface area contributed by atoms with E-state index in [0.29, 0.717) is 5.75 Å². The van der Waals surface area contributed by atoms with Crippen LogP contribution in [0.1, 0.15) is 13.3 Å². The minimum Gasteiger partial charge on any atom is -0.480 e. The van der Waals surface area contributed by atoms with E-state index in [2.05, 4.69) is 5.32 Å². The molecule has 6 nitrogen and oxygen atoms in total. The molecule has 0 bridgehead atoms. The summed E-state index contributed by atoms with van der Waals surface area (Å²) < 4.78 is 10.6. The number of methoxy groups -OCH3 is 1. The molecule has 1 amide bonds. The Balaban J connectivity index is 2.06. The molecule has 0 aliphatic heterocycles. The molecule has 2 aromatic carbocycles. The molecule has 0 aliphatic rings. The summed E-state index contributed by atoms with van der Waals surface area (Å²) in [5.41, 5.74) is 0. The first-order valence-corrected chi connectivity index (χ1v) is 7.69. The van der Waals surface area contributed by atoms with E-state index in [4.69, 9.17) is 14.6 Å². The van der Waals surface area contributed by atoms with Gasteiger partial charge in [0.2, 0.25) is 0 Å². The Labute approximate surface area is 140 Å². The van der Waals surface area contributed by atoms with Crippen molar-refractivity contribution in [1.29, 1.82) is 0 Å². The van der Waals surface area contributed by atoms with Crippen LogP contribution in [0.15, 0.2) is 42.5 Å². The molecule has 0 heterocycles. The predicted octanol–water partition coefficient (Wildman–Crippen LogP) is 2.21. The van der Waals surface area contributed by atoms with Gasteiger partial charge in [-0.15, -0.1) is 0 Å². The lowest BCUT2D eigenvalue weighted by Gasteiger charge is -2.19. The number of carboxylic acid groups (broad SMARTS) is 1. The van der Waals surface area contributed by atoms with Crippen molar-refractivity contribution in [2.75, 3.05) is 13.7 Å². The molecule has 2 unspecified atom stereocenters. The van der Waals surface area contributed by atoms with Gasteiger partial charge in [0.1, 0.15) is 11.8 Å². The standard InChI is InChI=1S/C18H21NO5/c1-12(17(20)19-15(18(21)22)10-11-23-2)24-16-9-5-7-13-6-3-4-8-14(13)16/h3-9,12,15H,10-11H2,1-2H3,(H,19,20)(H,21,22). The van der Waals surface area contributed by atoms with Gasteiger partial charge in [-0.1, -0.05) is 36.4 Å². The van der Waals surface area contributed by atoms with Gasteiger partial charge in [-0.2, -0.15) is 0 Å². The highest BCUT2D eigenvalue weighted by Crippen LogP contribution is 2.26. The van der Waals surface area contributed by atoms with Gasteiger partial charge >= 0.3 is 5.97 Å². The van der Waals surface area contributed by atoms with Crippen molar-refractivity contribution in [3.63, 3.8) is 0 Å². The number of carboxylic acids is 1. The molecule has 2 rings (SSSR count). The van der Waals surface area contributed by atoms with Crippen LogP contribution < -0.4 is 10.1 Å². The number of nitrogens with one attached hydrogen (secondary N) is 1. The molecule has 0 radical (unpaired) electrons. The molecule has 0 fully saturated rings. The minimum absolute atomic E-state index is 0.193. The molecule has 2 aromatic rings. The number of hydrogen-bond donors (Lipinski definition) is 2. The number of ether oxygens (including phenoxy) is 2. The number of aliphatic carboxylic acids is 1. The second-order valence-corrected chi connectivity index (χ2v) is 5.42. The van der Waals surface area contributed by atoms with Crippen LogP contribution in [0.3, 0.4) is 0 Å². The maximum atomic E-state index is 12.2. The molecule has 0 saturated heterocycles. The molecule has 2 atom stereocenters. The quantitative estimate of drug-likeness (QED) is 0.775. The van der Waals surface area contributed by atoms with Crippen molar-refractivity contribution < 1.29 is 24.2 Å². The Hall–Kier alpha value is -2.60.